The molecule has 2 heteroatoms. The number of allylic oxidation sites excluding steroid dienone is 1. The van der Waals surface area contributed by atoms with Gasteiger partial charge in [-0.1, -0.05) is 62.9 Å². The Morgan fingerprint density at radius 2 is 1.81 bits per heavy atom. The molecule has 0 aromatic heterocycles. The maximum absolute atomic E-state index is 11.4. The molecule has 0 unspecified atom stereocenters. The van der Waals surface area contributed by atoms with E-state index in [-0.39, 0.29) is 5.91 Å². The summed E-state index contributed by atoms with van der Waals surface area (Å²) in [5, 5.41) is 2.91. The number of hydrogen-bond acceptors (Lipinski definition) is 1. The highest BCUT2D eigenvalue weighted by Gasteiger charge is 2.21. The Kier molecular flexibility index (Phi) is 9.52. The number of hydrogen-bond donors (Lipinski definition) is 1. The van der Waals surface area contributed by atoms with Crippen LogP contribution in [0.3, 0.4) is 0 Å². The van der Waals surface area contributed by atoms with Gasteiger partial charge in [0.2, 0.25) is 5.91 Å². The smallest absolute Gasteiger partial charge is 0.243 e. The Labute approximate surface area is 160 Å². The summed E-state index contributed by atoms with van der Waals surface area (Å²) in [6, 6.07) is 9.26. The van der Waals surface area contributed by atoms with Crippen LogP contribution in [0.4, 0.5) is 0 Å². The second-order valence-corrected chi connectivity index (χ2v) is 7.85. The summed E-state index contributed by atoms with van der Waals surface area (Å²) in [6.07, 6.45) is 16.6. The van der Waals surface area contributed by atoms with Crippen molar-refractivity contribution in [3.63, 3.8) is 0 Å². The fraction of sp³-hybridized carbons (Fsp3) is 0.625. The quantitative estimate of drug-likeness (QED) is 0.395. The number of unbranched alkanes of at least 4 members (excludes halogenated alkanes) is 2. The highest BCUT2D eigenvalue weighted by atomic mass is 16.1. The van der Waals surface area contributed by atoms with Crippen LogP contribution in [0.1, 0.15) is 88.7 Å². The van der Waals surface area contributed by atoms with Gasteiger partial charge in [0.1, 0.15) is 0 Å². The number of benzene rings is 1. The van der Waals surface area contributed by atoms with Crippen LogP contribution in [-0.2, 0) is 11.2 Å². The Bertz CT molecular complexity index is 538. The molecule has 144 valence electrons. The molecule has 2 rings (SSSR count). The molecule has 2 nitrogen and oxygen atoms in total. The first kappa shape index (κ1) is 20.7. The van der Waals surface area contributed by atoms with Crippen molar-refractivity contribution in [3.8, 4) is 0 Å². The van der Waals surface area contributed by atoms with E-state index in [1.165, 1.54) is 62.5 Å². The molecule has 1 aromatic rings. The van der Waals surface area contributed by atoms with E-state index in [4.69, 9.17) is 0 Å². The summed E-state index contributed by atoms with van der Waals surface area (Å²) in [4.78, 5) is 11.4. The average molecular weight is 356 g/mol. The normalized spacial score (nSPS) is 20.4. The van der Waals surface area contributed by atoms with Gasteiger partial charge in [-0.05, 0) is 74.5 Å². The first-order chi connectivity index (χ1) is 12.7. The molecule has 1 aliphatic carbocycles. The Morgan fingerprint density at radius 3 is 2.46 bits per heavy atom. The molecule has 1 saturated carbocycles. The van der Waals surface area contributed by atoms with Gasteiger partial charge in [0.25, 0.3) is 0 Å². The molecule has 1 aliphatic rings. The van der Waals surface area contributed by atoms with E-state index in [1.807, 2.05) is 6.92 Å². The number of aryl methyl sites for hydroxylation is 1. The molecule has 0 aliphatic heterocycles. The zero-order valence-corrected chi connectivity index (χ0v) is 16.8. The van der Waals surface area contributed by atoms with Crippen molar-refractivity contribution in [2.45, 2.75) is 84.0 Å². The summed E-state index contributed by atoms with van der Waals surface area (Å²) in [5.74, 6) is 1.76. The topological polar surface area (TPSA) is 29.1 Å². The number of rotatable bonds is 10. The van der Waals surface area contributed by atoms with E-state index in [0.717, 1.165) is 31.2 Å². The lowest BCUT2D eigenvalue weighted by molar-refractivity contribution is -0.116. The zero-order chi connectivity index (χ0) is 18.6. The van der Waals surface area contributed by atoms with Gasteiger partial charge < -0.3 is 5.32 Å². The van der Waals surface area contributed by atoms with Crippen molar-refractivity contribution in [3.05, 3.63) is 47.5 Å². The summed E-state index contributed by atoms with van der Waals surface area (Å²) in [6.45, 7) is 4.90. The van der Waals surface area contributed by atoms with Gasteiger partial charge in [-0.15, -0.1) is 0 Å². The molecule has 0 heterocycles. The largest absolute Gasteiger partial charge is 0.353 e. The van der Waals surface area contributed by atoms with E-state index in [2.05, 4.69) is 36.5 Å². The lowest BCUT2D eigenvalue weighted by Gasteiger charge is -2.29. The van der Waals surface area contributed by atoms with Crippen LogP contribution >= 0.6 is 0 Å². The van der Waals surface area contributed by atoms with E-state index >= 15 is 0 Å². The first-order valence-corrected chi connectivity index (χ1v) is 10.7. The number of nitrogens with one attached hydrogen (secondary N) is 1. The van der Waals surface area contributed by atoms with E-state index < -0.39 is 0 Å². The van der Waals surface area contributed by atoms with Gasteiger partial charge in [0.15, 0.2) is 0 Å². The predicted molar refractivity (Wildman–Crippen MR) is 111 cm³/mol. The third kappa shape index (κ3) is 7.35. The van der Waals surface area contributed by atoms with Crippen LogP contribution in [-0.4, -0.2) is 12.5 Å². The molecular formula is C24H37NO. The SMILES string of the molecule is C/C=C/C(=O)NCCCc1ccc(C2CCC(CCCCC)CC2)cc1. The number of carbonyl (C=O) groups is 1. The summed E-state index contributed by atoms with van der Waals surface area (Å²) in [5.41, 5.74) is 2.91. The van der Waals surface area contributed by atoms with Crippen molar-refractivity contribution < 1.29 is 4.79 Å². The standard InChI is InChI=1S/C24H37NO/c1-3-5-6-9-20-11-15-22(16-12-20)23-17-13-21(14-18-23)10-7-19-25-24(26)8-4-2/h4,8,13-14,17-18,20,22H,3,5-7,9-12,15-16,19H2,1-2H3,(H,25,26)/b8-4+. The maximum Gasteiger partial charge on any atom is 0.243 e. The lowest BCUT2D eigenvalue weighted by Crippen LogP contribution is -2.22. The minimum Gasteiger partial charge on any atom is -0.353 e. The van der Waals surface area contributed by atoms with Gasteiger partial charge in [-0.25, -0.2) is 0 Å². The van der Waals surface area contributed by atoms with Gasteiger partial charge >= 0.3 is 0 Å². The van der Waals surface area contributed by atoms with E-state index in [0.29, 0.717) is 0 Å². The van der Waals surface area contributed by atoms with E-state index in [9.17, 15) is 4.79 Å². The van der Waals surface area contributed by atoms with Crippen LogP contribution < -0.4 is 5.32 Å². The highest BCUT2D eigenvalue weighted by molar-refractivity contribution is 5.87. The van der Waals surface area contributed by atoms with Gasteiger partial charge in [-0.2, -0.15) is 0 Å². The molecule has 1 amide bonds. The molecular weight excluding hydrogens is 318 g/mol. The number of amides is 1. The van der Waals surface area contributed by atoms with Gasteiger partial charge in [0.05, 0.1) is 0 Å². The van der Waals surface area contributed by atoms with Crippen LogP contribution in [0.2, 0.25) is 0 Å². The molecule has 26 heavy (non-hydrogen) atoms. The van der Waals surface area contributed by atoms with Crippen molar-refractivity contribution in [2.75, 3.05) is 6.54 Å². The Balaban J connectivity index is 1.68. The molecule has 0 saturated heterocycles. The molecule has 1 aromatic carbocycles. The van der Waals surface area contributed by atoms with Crippen LogP contribution in [0.25, 0.3) is 0 Å². The summed E-state index contributed by atoms with van der Waals surface area (Å²) in [7, 11) is 0. The first-order valence-electron chi connectivity index (χ1n) is 10.7. The van der Waals surface area contributed by atoms with Crippen LogP contribution in [0, 0.1) is 5.92 Å². The molecule has 0 atom stereocenters. The molecule has 0 bridgehead atoms. The summed E-state index contributed by atoms with van der Waals surface area (Å²) >= 11 is 0. The van der Waals surface area contributed by atoms with Crippen molar-refractivity contribution in [2.24, 2.45) is 5.92 Å². The Morgan fingerprint density at radius 1 is 1.08 bits per heavy atom. The third-order valence-electron chi connectivity index (χ3n) is 5.77. The van der Waals surface area contributed by atoms with Gasteiger partial charge in [0, 0.05) is 6.54 Å². The van der Waals surface area contributed by atoms with E-state index in [1.54, 1.807) is 12.2 Å². The fourth-order valence-electron chi connectivity index (χ4n) is 4.14. The second kappa shape index (κ2) is 11.9. The molecule has 1 N–H and O–H groups in total. The van der Waals surface area contributed by atoms with Crippen molar-refractivity contribution in [1.82, 2.24) is 5.32 Å². The molecule has 0 radical (unpaired) electrons. The van der Waals surface area contributed by atoms with Gasteiger partial charge in [-0.3, -0.25) is 4.79 Å². The highest BCUT2D eigenvalue weighted by Crippen LogP contribution is 2.37. The zero-order valence-electron chi connectivity index (χ0n) is 16.8. The second-order valence-electron chi connectivity index (χ2n) is 7.85. The molecule has 0 spiro atoms. The fourth-order valence-corrected chi connectivity index (χ4v) is 4.14. The minimum absolute atomic E-state index is 0.00754. The van der Waals surface area contributed by atoms with Crippen LogP contribution in [0.15, 0.2) is 36.4 Å². The van der Waals surface area contributed by atoms with Crippen molar-refractivity contribution >= 4 is 5.91 Å². The van der Waals surface area contributed by atoms with Crippen molar-refractivity contribution in [1.29, 1.82) is 0 Å². The third-order valence-corrected chi connectivity index (χ3v) is 5.77. The van der Waals surface area contributed by atoms with Crippen LogP contribution in [0.5, 0.6) is 0 Å². The Hall–Kier alpha value is -1.57. The molecule has 1 fully saturated rings. The average Bonchev–Trinajstić information content (AvgIpc) is 2.67. The summed E-state index contributed by atoms with van der Waals surface area (Å²) < 4.78 is 0. The monoisotopic (exact) mass is 355 g/mol. The maximum atomic E-state index is 11.4. The minimum atomic E-state index is 0.00754. The lowest BCUT2D eigenvalue weighted by atomic mass is 9.77. The number of carbonyl (C=O) groups excluding carboxylic acids is 1. The predicted octanol–water partition coefficient (Wildman–Crippen LogP) is 6.17.